The highest BCUT2D eigenvalue weighted by Crippen LogP contribution is 2.52. The highest BCUT2D eigenvalue weighted by atomic mass is 16.3. The number of likely N-dealkylation sites (N-methyl/N-ethyl adjacent to an activating group) is 1. The molecule has 1 aromatic heterocycles. The van der Waals surface area contributed by atoms with Crippen LogP contribution >= 0.6 is 0 Å². The Balaban J connectivity index is 1.48. The summed E-state index contributed by atoms with van der Waals surface area (Å²) in [5.41, 5.74) is 5.12. The highest BCUT2D eigenvalue weighted by molar-refractivity contribution is 6.32. The maximum Gasteiger partial charge on any atom is 0.235 e. The van der Waals surface area contributed by atoms with Gasteiger partial charge < -0.3 is 20.4 Å². The fraction of sp³-hybridized carbons (Fsp3) is 0.516. The summed E-state index contributed by atoms with van der Waals surface area (Å²) in [7, 11) is 3.14. The van der Waals surface area contributed by atoms with Gasteiger partial charge in [-0.3, -0.25) is 33.8 Å². The molecule has 2 saturated carbocycles. The highest BCUT2D eigenvalue weighted by Gasteiger charge is 2.69. The molecule has 3 aliphatic carbocycles. The third kappa shape index (κ3) is 4.09. The molecule has 6 atom stereocenters. The Hall–Kier alpha value is -3.67. The lowest BCUT2D eigenvalue weighted by Crippen LogP contribution is -2.74. The number of hydrogen-bond donors (Lipinski definition) is 3. The van der Waals surface area contributed by atoms with E-state index in [1.165, 1.54) is 17.4 Å². The molecule has 1 amide bonds. The van der Waals surface area contributed by atoms with E-state index in [1.54, 1.807) is 20.2 Å². The normalized spacial score (nSPS) is 31.6. The van der Waals surface area contributed by atoms with Crippen LogP contribution in [-0.2, 0) is 32.1 Å². The number of amides is 1. The number of fused-ring (bicyclic) bond motifs is 3. The van der Waals surface area contributed by atoms with Gasteiger partial charge in [0.15, 0.2) is 34.7 Å². The molecule has 1 aliphatic heterocycles. The number of carbonyl (C=O) groups is 5. The summed E-state index contributed by atoms with van der Waals surface area (Å²) in [6, 6.07) is 2.41. The summed E-state index contributed by atoms with van der Waals surface area (Å²) in [5, 5.41) is 23.3. The van der Waals surface area contributed by atoms with Crippen molar-refractivity contribution in [1.29, 1.82) is 0 Å². The number of likely N-dealkylation sites (tertiary alicyclic amines) is 1. The van der Waals surface area contributed by atoms with E-state index in [-0.39, 0.29) is 24.2 Å². The van der Waals surface area contributed by atoms with Crippen LogP contribution in [0.1, 0.15) is 47.2 Å². The number of aliphatic hydroxyl groups is 1. The summed E-state index contributed by atoms with van der Waals surface area (Å²) in [5.74, 6) is -10.5. The maximum absolute atomic E-state index is 14.3. The number of hydrogen-bond acceptors (Lipinski definition) is 10. The average molecular weight is 578 g/mol. The first-order chi connectivity index (χ1) is 20.0. The number of piperidine rings is 1. The van der Waals surface area contributed by atoms with Gasteiger partial charge in [0.1, 0.15) is 5.75 Å². The number of Topliss-reactive ketones (excluding diaryl/α,β-unsaturated/α-hetero) is 4. The summed E-state index contributed by atoms with van der Waals surface area (Å²) < 4.78 is 5.24. The molecule has 11 nitrogen and oxygen atoms in total. The number of nitrogens with zero attached hydrogens (tertiary/aromatic N) is 2. The Bertz CT molecular complexity index is 1490. The number of phenols is 1. The predicted molar refractivity (Wildman–Crippen MR) is 148 cm³/mol. The number of ketones is 4. The van der Waals surface area contributed by atoms with E-state index >= 15 is 0 Å². The van der Waals surface area contributed by atoms with Crippen LogP contribution in [0.15, 0.2) is 29.1 Å². The molecule has 222 valence electrons. The zero-order chi connectivity index (χ0) is 30.1. The van der Waals surface area contributed by atoms with E-state index in [0.717, 1.165) is 37.9 Å². The van der Waals surface area contributed by atoms with Crippen molar-refractivity contribution < 1.29 is 38.6 Å². The quantitative estimate of drug-likeness (QED) is 0.437. The van der Waals surface area contributed by atoms with E-state index in [9.17, 15) is 34.2 Å². The van der Waals surface area contributed by atoms with Crippen LogP contribution in [0.3, 0.4) is 0 Å². The molecule has 4 aliphatic rings. The van der Waals surface area contributed by atoms with Crippen LogP contribution < -0.4 is 5.73 Å². The number of nitrogens with two attached hydrogens (primary N) is 1. The summed E-state index contributed by atoms with van der Waals surface area (Å²) in [4.78, 5) is 71.2. The molecule has 42 heavy (non-hydrogen) atoms. The SMILES string of the molecule is CN(C)[C@@H]1C(=O)C(C(N)=O)C(=O)[C@@]2(O)C(=O)C3C(=O)c4c(O)c(-c5ccoc5)cc(CN5CCCCC5)c4C[C@H]3C[C@@H]12. The lowest BCUT2D eigenvalue weighted by Gasteiger charge is -2.52. The molecule has 6 rings (SSSR count). The van der Waals surface area contributed by atoms with Crippen molar-refractivity contribution in [1.82, 2.24) is 9.80 Å². The van der Waals surface area contributed by atoms with Gasteiger partial charge in [-0.25, -0.2) is 0 Å². The minimum Gasteiger partial charge on any atom is -0.507 e. The Morgan fingerprint density at radius 3 is 2.48 bits per heavy atom. The molecule has 0 spiro atoms. The van der Waals surface area contributed by atoms with Crippen molar-refractivity contribution in [3.05, 3.63) is 41.3 Å². The van der Waals surface area contributed by atoms with Gasteiger partial charge in [-0.2, -0.15) is 0 Å². The summed E-state index contributed by atoms with van der Waals surface area (Å²) in [6.07, 6.45) is 6.47. The Morgan fingerprint density at radius 2 is 1.86 bits per heavy atom. The molecule has 2 aromatic rings. The first-order valence-corrected chi connectivity index (χ1v) is 14.4. The molecule has 1 saturated heterocycles. The van der Waals surface area contributed by atoms with E-state index in [2.05, 4.69) is 4.90 Å². The second kappa shape index (κ2) is 10.3. The number of aromatic hydroxyl groups is 1. The minimum atomic E-state index is -2.74. The van der Waals surface area contributed by atoms with Gasteiger partial charge in [-0.15, -0.1) is 0 Å². The van der Waals surface area contributed by atoms with Crippen LogP contribution in [0.2, 0.25) is 0 Å². The molecule has 4 N–H and O–H groups in total. The van der Waals surface area contributed by atoms with Crippen LogP contribution in [0.5, 0.6) is 5.75 Å². The number of furan rings is 1. The fourth-order valence-electron chi connectivity index (χ4n) is 7.89. The van der Waals surface area contributed by atoms with E-state index < -0.39 is 64.4 Å². The number of carbonyl (C=O) groups excluding carboxylic acids is 5. The van der Waals surface area contributed by atoms with Crippen molar-refractivity contribution in [3.63, 3.8) is 0 Å². The van der Waals surface area contributed by atoms with Crippen LogP contribution in [-0.4, -0.2) is 87.9 Å². The Morgan fingerprint density at radius 1 is 1.14 bits per heavy atom. The Kier molecular flexibility index (Phi) is 6.94. The third-order valence-electron chi connectivity index (χ3n) is 9.83. The molecule has 2 unspecified atom stereocenters. The average Bonchev–Trinajstić information content (AvgIpc) is 3.47. The van der Waals surface area contributed by atoms with Gasteiger partial charge in [0.2, 0.25) is 5.91 Å². The predicted octanol–water partition coefficient (Wildman–Crippen LogP) is 1.11. The van der Waals surface area contributed by atoms with Crippen molar-refractivity contribution >= 4 is 29.0 Å². The zero-order valence-corrected chi connectivity index (χ0v) is 23.7. The number of rotatable bonds is 5. The van der Waals surface area contributed by atoms with E-state index in [1.807, 2.05) is 6.07 Å². The minimum absolute atomic E-state index is 0.00676. The van der Waals surface area contributed by atoms with Crippen LogP contribution in [0.25, 0.3) is 11.1 Å². The molecule has 0 bridgehead atoms. The molecular formula is C31H35N3O8. The van der Waals surface area contributed by atoms with Crippen LogP contribution in [0.4, 0.5) is 0 Å². The summed E-state index contributed by atoms with van der Waals surface area (Å²) >= 11 is 0. The van der Waals surface area contributed by atoms with Gasteiger partial charge in [-0.05, 0) is 82.0 Å². The number of primary amides is 1. The smallest absolute Gasteiger partial charge is 0.235 e. The van der Waals surface area contributed by atoms with Crippen molar-refractivity contribution in [2.24, 2.45) is 29.4 Å². The van der Waals surface area contributed by atoms with E-state index in [4.69, 9.17) is 10.2 Å². The van der Waals surface area contributed by atoms with Gasteiger partial charge >= 0.3 is 0 Å². The number of phenolic OH excluding ortho intramolecular Hbond substituents is 1. The van der Waals surface area contributed by atoms with Gasteiger partial charge in [0, 0.05) is 23.6 Å². The van der Waals surface area contributed by atoms with Gasteiger partial charge in [0.05, 0.1) is 30.0 Å². The maximum atomic E-state index is 14.3. The molecule has 3 fully saturated rings. The van der Waals surface area contributed by atoms with Crippen LogP contribution in [0, 0.1) is 23.7 Å². The topological polar surface area (TPSA) is 171 Å². The van der Waals surface area contributed by atoms with Crippen molar-refractivity contribution in [3.8, 4) is 16.9 Å². The lowest BCUT2D eigenvalue weighted by molar-refractivity contribution is -0.181. The second-order valence-corrected chi connectivity index (χ2v) is 12.4. The monoisotopic (exact) mass is 577 g/mol. The summed E-state index contributed by atoms with van der Waals surface area (Å²) in [6.45, 7) is 2.36. The molecule has 2 heterocycles. The molecule has 1 aromatic carbocycles. The second-order valence-electron chi connectivity index (χ2n) is 12.4. The third-order valence-corrected chi connectivity index (χ3v) is 9.83. The van der Waals surface area contributed by atoms with Gasteiger partial charge in [0.25, 0.3) is 0 Å². The first-order valence-electron chi connectivity index (χ1n) is 14.4. The van der Waals surface area contributed by atoms with Crippen molar-refractivity contribution in [2.75, 3.05) is 27.2 Å². The van der Waals surface area contributed by atoms with Gasteiger partial charge in [-0.1, -0.05) is 6.42 Å². The fourth-order valence-corrected chi connectivity index (χ4v) is 7.89. The lowest BCUT2D eigenvalue weighted by atomic mass is 9.52. The number of benzene rings is 1. The van der Waals surface area contributed by atoms with E-state index in [0.29, 0.717) is 23.2 Å². The molecule has 0 radical (unpaired) electrons. The standard InChI is InChI=1S/C31H35N3O8/c1-33(2)24-20-12-16-10-18-17(13-34-7-4-3-5-8-34)11-19(15-6-9-42-14-15)25(35)22(18)26(36)21(16)28(38)31(20,41)29(39)23(27(24)37)30(32)40/h6,9,11,14,16,20-21,23-24,35,41H,3-5,7-8,10,12-13H2,1-2H3,(H2,32,40)/t16-,20-,21?,23?,24-,31-/m0/s1. The zero-order valence-electron chi connectivity index (χ0n) is 23.7. The van der Waals surface area contributed by atoms with Crippen molar-refractivity contribution in [2.45, 2.75) is 50.3 Å². The molecule has 11 heteroatoms. The molecular weight excluding hydrogens is 542 g/mol. The first kappa shape index (κ1) is 28.4. The Labute approximate surface area is 242 Å². The largest absolute Gasteiger partial charge is 0.507 e.